The summed E-state index contributed by atoms with van der Waals surface area (Å²) in [6, 6.07) is 18.6. The molecule has 3 aromatic carbocycles. The van der Waals surface area contributed by atoms with Crippen LogP contribution in [0.4, 0.5) is 15.8 Å². The Hall–Kier alpha value is -2.28. The van der Waals surface area contributed by atoms with Gasteiger partial charge in [0.05, 0.1) is 18.2 Å². The van der Waals surface area contributed by atoms with Gasteiger partial charge in [0.1, 0.15) is 18.2 Å². The molecule has 0 aliphatic carbocycles. The molecule has 0 unspecified atom stereocenters. The minimum Gasteiger partial charge on any atom is -0.488 e. The standard InChI is InChI=1S/C24H23BrClFN2O2/c25-19-2-8-24(31-16-17-1-3-20(27)14-23(17)26)18(13-19)15-28-21-4-6-22(7-5-21)29-9-11-30-12-10-29/h1-8,13-14,28H,9-12,15-16H2. The van der Waals surface area contributed by atoms with E-state index in [1.54, 1.807) is 6.07 Å². The predicted octanol–water partition coefficient (Wildman–Crippen LogP) is 6.27. The fraction of sp³-hybridized carbons (Fsp3) is 0.250. The molecule has 7 heteroatoms. The highest BCUT2D eigenvalue weighted by Gasteiger charge is 2.11. The van der Waals surface area contributed by atoms with E-state index in [1.165, 1.54) is 17.8 Å². The molecular formula is C24H23BrClFN2O2. The number of anilines is 2. The summed E-state index contributed by atoms with van der Waals surface area (Å²) in [5, 5.41) is 3.81. The molecule has 0 saturated carbocycles. The molecule has 162 valence electrons. The summed E-state index contributed by atoms with van der Waals surface area (Å²) >= 11 is 9.65. The van der Waals surface area contributed by atoms with Gasteiger partial charge in [-0.25, -0.2) is 4.39 Å². The summed E-state index contributed by atoms with van der Waals surface area (Å²) in [6.07, 6.45) is 0. The Bertz CT molecular complexity index is 1030. The first-order valence-electron chi connectivity index (χ1n) is 10.1. The molecule has 0 bridgehead atoms. The van der Waals surface area contributed by atoms with Crippen molar-refractivity contribution in [1.29, 1.82) is 0 Å². The molecular weight excluding hydrogens is 483 g/mol. The van der Waals surface area contributed by atoms with Crippen LogP contribution in [0.25, 0.3) is 0 Å². The van der Waals surface area contributed by atoms with Crippen LogP contribution in [0.2, 0.25) is 5.02 Å². The second-order valence-corrected chi connectivity index (χ2v) is 8.60. The number of hydrogen-bond donors (Lipinski definition) is 1. The zero-order chi connectivity index (χ0) is 21.6. The second-order valence-electron chi connectivity index (χ2n) is 7.28. The van der Waals surface area contributed by atoms with Gasteiger partial charge in [-0.1, -0.05) is 33.6 Å². The van der Waals surface area contributed by atoms with E-state index in [1.807, 2.05) is 18.2 Å². The first kappa shape index (κ1) is 21.9. The summed E-state index contributed by atoms with van der Waals surface area (Å²) in [6.45, 7) is 4.25. The van der Waals surface area contributed by atoms with Crippen molar-refractivity contribution < 1.29 is 13.9 Å². The van der Waals surface area contributed by atoms with E-state index in [0.29, 0.717) is 11.6 Å². The molecule has 0 amide bonds. The summed E-state index contributed by atoms with van der Waals surface area (Å²) in [4.78, 5) is 2.33. The number of ether oxygens (including phenoxy) is 2. The summed E-state index contributed by atoms with van der Waals surface area (Å²) < 4.78 is 25.7. The molecule has 4 nitrogen and oxygen atoms in total. The minimum absolute atomic E-state index is 0.266. The number of halogens is 3. The van der Waals surface area contributed by atoms with Gasteiger partial charge in [0.2, 0.25) is 0 Å². The SMILES string of the molecule is Fc1ccc(COc2ccc(Br)cc2CNc2ccc(N3CCOCC3)cc2)c(Cl)c1. The average Bonchev–Trinajstić information content (AvgIpc) is 2.79. The fourth-order valence-electron chi connectivity index (χ4n) is 3.43. The van der Waals surface area contributed by atoms with Crippen LogP contribution in [0.15, 0.2) is 65.1 Å². The third-order valence-electron chi connectivity index (χ3n) is 5.15. The Kier molecular flexibility index (Phi) is 7.33. The van der Waals surface area contributed by atoms with Gasteiger partial charge in [0, 0.05) is 46.6 Å². The molecule has 0 spiro atoms. The molecule has 1 heterocycles. The highest BCUT2D eigenvalue weighted by molar-refractivity contribution is 9.10. The molecule has 1 saturated heterocycles. The van der Waals surface area contributed by atoms with Crippen molar-refractivity contribution in [3.8, 4) is 5.75 Å². The van der Waals surface area contributed by atoms with Crippen molar-refractivity contribution in [3.63, 3.8) is 0 Å². The first-order valence-corrected chi connectivity index (χ1v) is 11.3. The van der Waals surface area contributed by atoms with Gasteiger partial charge in [-0.05, 0) is 54.6 Å². The molecule has 0 atom stereocenters. The van der Waals surface area contributed by atoms with Gasteiger partial charge in [-0.3, -0.25) is 0 Å². The fourth-order valence-corrected chi connectivity index (χ4v) is 4.06. The van der Waals surface area contributed by atoms with Gasteiger partial charge < -0.3 is 19.7 Å². The quantitative estimate of drug-likeness (QED) is 0.410. The Morgan fingerprint density at radius 3 is 2.52 bits per heavy atom. The largest absolute Gasteiger partial charge is 0.488 e. The number of benzene rings is 3. The van der Waals surface area contributed by atoms with Gasteiger partial charge in [0.15, 0.2) is 0 Å². The maximum absolute atomic E-state index is 13.3. The maximum atomic E-state index is 13.3. The predicted molar refractivity (Wildman–Crippen MR) is 127 cm³/mol. The van der Waals surface area contributed by atoms with Crippen molar-refractivity contribution in [2.75, 3.05) is 36.5 Å². The van der Waals surface area contributed by atoms with E-state index < -0.39 is 0 Å². The molecule has 3 aromatic rings. The van der Waals surface area contributed by atoms with Crippen molar-refractivity contribution in [3.05, 3.63) is 87.1 Å². The third-order valence-corrected chi connectivity index (χ3v) is 5.99. The van der Waals surface area contributed by atoms with Crippen LogP contribution in [0, 0.1) is 5.82 Å². The van der Waals surface area contributed by atoms with E-state index in [-0.39, 0.29) is 12.4 Å². The summed E-state index contributed by atoms with van der Waals surface area (Å²) in [5.41, 5.74) is 3.98. The Morgan fingerprint density at radius 2 is 1.77 bits per heavy atom. The van der Waals surface area contributed by atoms with E-state index in [9.17, 15) is 4.39 Å². The molecule has 0 aromatic heterocycles. The number of morpholine rings is 1. The number of nitrogens with one attached hydrogen (secondary N) is 1. The molecule has 1 N–H and O–H groups in total. The molecule has 1 aliphatic rings. The lowest BCUT2D eigenvalue weighted by molar-refractivity contribution is 0.122. The molecule has 0 radical (unpaired) electrons. The van der Waals surface area contributed by atoms with Crippen LogP contribution in [0.3, 0.4) is 0 Å². The molecule has 4 rings (SSSR count). The van der Waals surface area contributed by atoms with E-state index in [4.69, 9.17) is 21.1 Å². The molecule has 31 heavy (non-hydrogen) atoms. The highest BCUT2D eigenvalue weighted by Crippen LogP contribution is 2.27. The van der Waals surface area contributed by atoms with Gasteiger partial charge in [0.25, 0.3) is 0 Å². The Labute approximate surface area is 195 Å². The highest BCUT2D eigenvalue weighted by atomic mass is 79.9. The van der Waals surface area contributed by atoms with Crippen LogP contribution in [0.1, 0.15) is 11.1 Å². The summed E-state index contributed by atoms with van der Waals surface area (Å²) in [7, 11) is 0. The van der Waals surface area contributed by atoms with Crippen LogP contribution >= 0.6 is 27.5 Å². The zero-order valence-corrected chi connectivity index (χ0v) is 19.3. The number of hydrogen-bond acceptors (Lipinski definition) is 4. The van der Waals surface area contributed by atoms with Gasteiger partial charge in [-0.15, -0.1) is 0 Å². The van der Waals surface area contributed by atoms with E-state index >= 15 is 0 Å². The Morgan fingerprint density at radius 1 is 1.00 bits per heavy atom. The Balaban J connectivity index is 1.40. The van der Waals surface area contributed by atoms with Crippen molar-refractivity contribution in [2.24, 2.45) is 0 Å². The topological polar surface area (TPSA) is 33.7 Å². The van der Waals surface area contributed by atoms with E-state index in [0.717, 1.165) is 53.3 Å². The lowest BCUT2D eigenvalue weighted by atomic mass is 10.2. The van der Waals surface area contributed by atoms with Crippen LogP contribution < -0.4 is 15.0 Å². The summed E-state index contributed by atoms with van der Waals surface area (Å²) in [5.74, 6) is 0.392. The lowest BCUT2D eigenvalue weighted by Gasteiger charge is -2.29. The molecule has 1 fully saturated rings. The van der Waals surface area contributed by atoms with Crippen molar-refractivity contribution in [2.45, 2.75) is 13.2 Å². The smallest absolute Gasteiger partial charge is 0.124 e. The zero-order valence-electron chi connectivity index (χ0n) is 16.9. The average molecular weight is 506 g/mol. The second kappa shape index (κ2) is 10.4. The third kappa shape index (κ3) is 5.91. The van der Waals surface area contributed by atoms with Crippen LogP contribution in [0.5, 0.6) is 5.75 Å². The minimum atomic E-state index is -0.359. The monoisotopic (exact) mass is 504 g/mol. The number of rotatable bonds is 7. The normalized spacial score (nSPS) is 13.8. The van der Waals surface area contributed by atoms with Gasteiger partial charge >= 0.3 is 0 Å². The van der Waals surface area contributed by atoms with Crippen molar-refractivity contribution in [1.82, 2.24) is 0 Å². The number of nitrogens with zero attached hydrogens (tertiary/aromatic N) is 1. The van der Waals surface area contributed by atoms with E-state index in [2.05, 4.69) is 50.4 Å². The first-order chi connectivity index (χ1) is 15.1. The van der Waals surface area contributed by atoms with Crippen molar-refractivity contribution >= 4 is 38.9 Å². The maximum Gasteiger partial charge on any atom is 0.124 e. The lowest BCUT2D eigenvalue weighted by Crippen LogP contribution is -2.36. The van der Waals surface area contributed by atoms with Crippen LogP contribution in [-0.2, 0) is 17.9 Å². The van der Waals surface area contributed by atoms with Gasteiger partial charge in [-0.2, -0.15) is 0 Å². The molecule has 1 aliphatic heterocycles. The van der Waals surface area contributed by atoms with Crippen LogP contribution in [-0.4, -0.2) is 26.3 Å².